The monoisotopic (exact) mass is 192 g/mol. The Morgan fingerprint density at radius 2 is 2.36 bits per heavy atom. The normalized spacial score (nSPS) is 9.86. The molecule has 0 unspecified atom stereocenters. The maximum atomic E-state index is 7.39. The summed E-state index contributed by atoms with van der Waals surface area (Å²) in [5, 5.41) is 7.39. The van der Waals surface area contributed by atoms with E-state index in [1.165, 1.54) is 0 Å². The number of nitrogen functional groups attached to an aromatic ring is 1. The van der Waals surface area contributed by atoms with Gasteiger partial charge in [0.15, 0.2) is 0 Å². The van der Waals surface area contributed by atoms with E-state index in [1.54, 1.807) is 6.20 Å². The molecule has 0 atom stereocenters. The number of aromatic nitrogens is 1. The minimum absolute atomic E-state index is 0.0172. The molecule has 1 heterocycles. The quantitative estimate of drug-likeness (QED) is 0.556. The summed E-state index contributed by atoms with van der Waals surface area (Å²) in [5.41, 5.74) is 6.92. The molecular formula is C10H16N4. The van der Waals surface area contributed by atoms with Gasteiger partial charge in [-0.15, -0.1) is 0 Å². The van der Waals surface area contributed by atoms with Gasteiger partial charge < -0.3 is 10.6 Å². The van der Waals surface area contributed by atoms with Crippen molar-refractivity contribution < 1.29 is 0 Å². The second kappa shape index (κ2) is 4.60. The summed E-state index contributed by atoms with van der Waals surface area (Å²) in [7, 11) is 1.98. The van der Waals surface area contributed by atoms with Gasteiger partial charge in [0.2, 0.25) is 0 Å². The molecule has 76 valence electrons. The van der Waals surface area contributed by atoms with Crippen molar-refractivity contribution in [1.82, 2.24) is 4.98 Å². The van der Waals surface area contributed by atoms with Crippen molar-refractivity contribution in [3.8, 4) is 0 Å². The van der Waals surface area contributed by atoms with Crippen LogP contribution in [0.4, 0.5) is 5.69 Å². The first kappa shape index (κ1) is 10.5. The van der Waals surface area contributed by atoms with E-state index in [0.29, 0.717) is 5.69 Å². The van der Waals surface area contributed by atoms with Crippen LogP contribution in [0.5, 0.6) is 0 Å². The minimum atomic E-state index is 0.0172. The van der Waals surface area contributed by atoms with Gasteiger partial charge in [0.25, 0.3) is 0 Å². The number of nitrogens with two attached hydrogens (primary N) is 1. The van der Waals surface area contributed by atoms with Crippen LogP contribution in [0.25, 0.3) is 0 Å². The van der Waals surface area contributed by atoms with Crippen LogP contribution in [0.2, 0.25) is 0 Å². The van der Waals surface area contributed by atoms with Gasteiger partial charge in [0, 0.05) is 19.8 Å². The van der Waals surface area contributed by atoms with E-state index < -0.39 is 0 Å². The van der Waals surface area contributed by atoms with Crippen molar-refractivity contribution in [3.63, 3.8) is 0 Å². The Hall–Kier alpha value is -1.58. The van der Waals surface area contributed by atoms with E-state index in [4.69, 9.17) is 11.1 Å². The summed E-state index contributed by atoms with van der Waals surface area (Å²) in [4.78, 5) is 6.15. The predicted molar refractivity (Wildman–Crippen MR) is 58.8 cm³/mol. The highest BCUT2D eigenvalue weighted by Gasteiger charge is 2.09. The third-order valence-electron chi connectivity index (χ3n) is 2.01. The molecular weight excluding hydrogens is 176 g/mol. The van der Waals surface area contributed by atoms with Gasteiger partial charge in [-0.05, 0) is 18.6 Å². The Kier molecular flexibility index (Phi) is 3.45. The van der Waals surface area contributed by atoms with Gasteiger partial charge in [-0.25, -0.2) is 0 Å². The summed E-state index contributed by atoms with van der Waals surface area (Å²) >= 11 is 0. The molecule has 0 saturated carbocycles. The Labute approximate surface area is 84.3 Å². The molecule has 0 aliphatic carbocycles. The van der Waals surface area contributed by atoms with Gasteiger partial charge in [-0.3, -0.25) is 10.4 Å². The number of anilines is 1. The largest absolute Gasteiger partial charge is 0.382 e. The molecule has 14 heavy (non-hydrogen) atoms. The summed E-state index contributed by atoms with van der Waals surface area (Å²) < 4.78 is 0. The van der Waals surface area contributed by atoms with Gasteiger partial charge in [-0.2, -0.15) is 0 Å². The minimum Gasteiger partial charge on any atom is -0.382 e. The lowest BCUT2D eigenvalue weighted by atomic mass is 10.2. The third-order valence-corrected chi connectivity index (χ3v) is 2.01. The summed E-state index contributed by atoms with van der Waals surface area (Å²) in [6, 6.07) is 3.79. The molecule has 1 aromatic rings. The first-order chi connectivity index (χ1) is 6.66. The molecule has 0 bridgehead atoms. The topological polar surface area (TPSA) is 66.0 Å². The molecule has 0 amide bonds. The van der Waals surface area contributed by atoms with E-state index in [0.717, 1.165) is 18.7 Å². The van der Waals surface area contributed by atoms with Crippen LogP contribution in [-0.4, -0.2) is 24.4 Å². The fourth-order valence-electron chi connectivity index (χ4n) is 1.37. The lowest BCUT2D eigenvalue weighted by Crippen LogP contribution is -2.23. The number of rotatable bonds is 4. The van der Waals surface area contributed by atoms with Crippen LogP contribution in [-0.2, 0) is 0 Å². The lowest BCUT2D eigenvalue weighted by Gasteiger charge is -2.20. The van der Waals surface area contributed by atoms with Crippen molar-refractivity contribution in [2.24, 2.45) is 5.73 Å². The van der Waals surface area contributed by atoms with Crippen LogP contribution in [0.1, 0.15) is 19.0 Å². The number of nitrogens with zero attached hydrogens (tertiary/aromatic N) is 2. The van der Waals surface area contributed by atoms with Crippen LogP contribution >= 0.6 is 0 Å². The van der Waals surface area contributed by atoms with Gasteiger partial charge in [-0.1, -0.05) is 6.92 Å². The Balaban J connectivity index is 3.00. The van der Waals surface area contributed by atoms with E-state index >= 15 is 0 Å². The highest BCUT2D eigenvalue weighted by atomic mass is 15.1. The highest BCUT2D eigenvalue weighted by molar-refractivity contribution is 5.98. The molecule has 0 spiro atoms. The number of hydrogen-bond acceptors (Lipinski definition) is 3. The zero-order valence-corrected chi connectivity index (χ0v) is 8.62. The zero-order valence-electron chi connectivity index (χ0n) is 8.62. The van der Waals surface area contributed by atoms with Crippen molar-refractivity contribution in [2.45, 2.75) is 13.3 Å². The smallest absolute Gasteiger partial charge is 0.143 e. The third kappa shape index (κ3) is 2.22. The molecule has 0 aliphatic rings. The van der Waals surface area contributed by atoms with E-state index in [1.807, 2.05) is 19.2 Å². The molecule has 0 aromatic carbocycles. The molecule has 1 rings (SSSR count). The molecule has 0 radical (unpaired) electrons. The lowest BCUT2D eigenvalue weighted by molar-refractivity contribution is 0.848. The van der Waals surface area contributed by atoms with Crippen LogP contribution < -0.4 is 10.6 Å². The SMILES string of the molecule is CCCN(C)c1cccnc1C(=N)N. The van der Waals surface area contributed by atoms with Gasteiger partial charge in [0.1, 0.15) is 11.5 Å². The van der Waals surface area contributed by atoms with Crippen molar-refractivity contribution in [1.29, 1.82) is 5.41 Å². The summed E-state index contributed by atoms with van der Waals surface area (Å²) in [6.07, 6.45) is 2.71. The van der Waals surface area contributed by atoms with E-state index in [2.05, 4.69) is 16.8 Å². The van der Waals surface area contributed by atoms with E-state index in [-0.39, 0.29) is 5.84 Å². The van der Waals surface area contributed by atoms with Crippen molar-refractivity contribution >= 4 is 11.5 Å². The van der Waals surface area contributed by atoms with Gasteiger partial charge in [0.05, 0.1) is 5.69 Å². The summed E-state index contributed by atoms with van der Waals surface area (Å²) in [5.74, 6) is 0.0172. The Bertz CT molecular complexity index is 322. The number of nitrogens with one attached hydrogen (secondary N) is 1. The zero-order chi connectivity index (χ0) is 10.6. The second-order valence-corrected chi connectivity index (χ2v) is 3.21. The van der Waals surface area contributed by atoms with E-state index in [9.17, 15) is 0 Å². The average molecular weight is 192 g/mol. The first-order valence-electron chi connectivity index (χ1n) is 4.67. The molecule has 3 N–H and O–H groups in total. The second-order valence-electron chi connectivity index (χ2n) is 3.21. The Morgan fingerprint density at radius 1 is 1.64 bits per heavy atom. The maximum Gasteiger partial charge on any atom is 0.143 e. The van der Waals surface area contributed by atoms with Crippen molar-refractivity contribution in [2.75, 3.05) is 18.5 Å². The fourth-order valence-corrected chi connectivity index (χ4v) is 1.37. The maximum absolute atomic E-state index is 7.39. The average Bonchev–Trinajstić information content (AvgIpc) is 2.18. The molecule has 0 fully saturated rings. The number of amidine groups is 1. The summed E-state index contributed by atoms with van der Waals surface area (Å²) in [6.45, 7) is 3.05. The molecule has 4 heteroatoms. The fraction of sp³-hybridized carbons (Fsp3) is 0.400. The standard InChI is InChI=1S/C10H16N4/c1-3-7-14(2)8-5-4-6-13-9(8)10(11)12/h4-6H,3,7H2,1-2H3,(H3,11,12). The molecule has 0 saturated heterocycles. The Morgan fingerprint density at radius 3 is 2.93 bits per heavy atom. The first-order valence-corrected chi connectivity index (χ1v) is 4.67. The number of hydrogen-bond donors (Lipinski definition) is 2. The van der Waals surface area contributed by atoms with Crippen LogP contribution in [0.3, 0.4) is 0 Å². The van der Waals surface area contributed by atoms with Crippen molar-refractivity contribution in [3.05, 3.63) is 24.0 Å². The van der Waals surface area contributed by atoms with Crippen LogP contribution in [0, 0.1) is 5.41 Å². The predicted octanol–water partition coefficient (Wildman–Crippen LogP) is 1.21. The number of pyridine rings is 1. The van der Waals surface area contributed by atoms with Gasteiger partial charge >= 0.3 is 0 Å². The molecule has 4 nitrogen and oxygen atoms in total. The molecule has 0 aliphatic heterocycles. The van der Waals surface area contributed by atoms with Crippen LogP contribution in [0.15, 0.2) is 18.3 Å². The highest BCUT2D eigenvalue weighted by Crippen LogP contribution is 2.15. The molecule has 1 aromatic heterocycles.